The molecule has 0 amide bonds. The first-order valence-electron chi connectivity index (χ1n) is 6.64. The van der Waals surface area contributed by atoms with Gasteiger partial charge in [0.25, 0.3) is 0 Å². The van der Waals surface area contributed by atoms with Crippen molar-refractivity contribution in [2.24, 2.45) is 10.2 Å². The van der Waals surface area contributed by atoms with Gasteiger partial charge in [-0.2, -0.15) is 5.11 Å². The van der Waals surface area contributed by atoms with E-state index in [2.05, 4.69) is 10.2 Å². The Bertz CT molecular complexity index is 398. The average molecular weight is 264 g/mol. The number of hydrogen-bond acceptors (Lipinski definition) is 4. The highest BCUT2D eigenvalue weighted by Crippen LogP contribution is 2.25. The number of azo groups is 1. The van der Waals surface area contributed by atoms with E-state index in [1.807, 2.05) is 58.0 Å². The van der Waals surface area contributed by atoms with Crippen molar-refractivity contribution in [1.82, 2.24) is 0 Å². The van der Waals surface area contributed by atoms with E-state index in [4.69, 9.17) is 9.84 Å². The van der Waals surface area contributed by atoms with E-state index < -0.39 is 5.72 Å². The lowest BCUT2D eigenvalue weighted by Crippen LogP contribution is -2.31. The second-order valence-corrected chi connectivity index (χ2v) is 5.79. The molecule has 106 valence electrons. The summed E-state index contributed by atoms with van der Waals surface area (Å²) in [7, 11) is 0. The van der Waals surface area contributed by atoms with E-state index in [-0.39, 0.29) is 12.1 Å². The van der Waals surface area contributed by atoms with Crippen molar-refractivity contribution < 1.29 is 9.84 Å². The van der Waals surface area contributed by atoms with Crippen LogP contribution in [0.1, 0.15) is 40.5 Å². The number of aliphatic hydroxyl groups excluding tert-OH is 1. The quantitative estimate of drug-likeness (QED) is 0.794. The third kappa shape index (κ3) is 6.34. The van der Waals surface area contributed by atoms with Crippen molar-refractivity contribution in [2.75, 3.05) is 6.61 Å². The number of benzene rings is 1. The van der Waals surface area contributed by atoms with Gasteiger partial charge in [-0.05, 0) is 46.2 Å². The van der Waals surface area contributed by atoms with Crippen molar-refractivity contribution in [3.8, 4) is 5.75 Å². The Kier molecular flexibility index (Phi) is 5.48. The van der Waals surface area contributed by atoms with Gasteiger partial charge < -0.3 is 9.84 Å². The Morgan fingerprint density at radius 3 is 2.21 bits per heavy atom. The van der Waals surface area contributed by atoms with Crippen molar-refractivity contribution in [3.05, 3.63) is 30.3 Å². The molecule has 1 aromatic rings. The number of nitrogens with zero attached hydrogens (tertiary/aromatic N) is 2. The molecule has 0 heterocycles. The van der Waals surface area contributed by atoms with Crippen LogP contribution in [-0.2, 0) is 0 Å². The molecule has 0 fully saturated rings. The molecular weight excluding hydrogens is 240 g/mol. The Morgan fingerprint density at radius 2 is 1.68 bits per heavy atom. The summed E-state index contributed by atoms with van der Waals surface area (Å²) in [5.41, 5.74) is -0.974. The largest absolute Gasteiger partial charge is 0.465 e. The van der Waals surface area contributed by atoms with Crippen LogP contribution in [0.5, 0.6) is 5.75 Å². The smallest absolute Gasteiger partial charge is 0.216 e. The summed E-state index contributed by atoms with van der Waals surface area (Å²) in [6.07, 6.45) is 1.25. The lowest BCUT2D eigenvalue weighted by molar-refractivity contribution is 0.0688. The van der Waals surface area contributed by atoms with Crippen LogP contribution in [0.25, 0.3) is 0 Å². The fraction of sp³-hybridized carbons (Fsp3) is 0.600. The molecule has 0 saturated heterocycles. The second-order valence-electron chi connectivity index (χ2n) is 5.79. The van der Waals surface area contributed by atoms with E-state index in [9.17, 15) is 0 Å². The predicted molar refractivity (Wildman–Crippen MR) is 76.4 cm³/mol. The normalized spacial score (nSPS) is 15.4. The molecule has 4 heteroatoms. The topological polar surface area (TPSA) is 54.2 Å². The highest BCUT2D eigenvalue weighted by molar-refractivity contribution is 5.21. The molecule has 1 rings (SSSR count). The number of ether oxygens (including phenoxy) is 1. The van der Waals surface area contributed by atoms with E-state index in [0.29, 0.717) is 12.8 Å². The summed E-state index contributed by atoms with van der Waals surface area (Å²) in [6.45, 7) is 7.99. The zero-order valence-corrected chi connectivity index (χ0v) is 12.3. The zero-order chi connectivity index (χ0) is 14.4. The average Bonchev–Trinajstić information content (AvgIpc) is 2.35. The minimum Gasteiger partial charge on any atom is -0.465 e. The van der Waals surface area contributed by atoms with Crippen LogP contribution < -0.4 is 4.74 Å². The van der Waals surface area contributed by atoms with Gasteiger partial charge in [0, 0.05) is 13.0 Å². The van der Waals surface area contributed by atoms with Gasteiger partial charge >= 0.3 is 0 Å². The number of rotatable bonds is 6. The fourth-order valence-corrected chi connectivity index (χ4v) is 1.53. The van der Waals surface area contributed by atoms with Gasteiger partial charge in [0.1, 0.15) is 5.75 Å². The molecule has 0 bridgehead atoms. The first-order chi connectivity index (χ1) is 8.85. The van der Waals surface area contributed by atoms with Crippen LogP contribution in [0, 0.1) is 0 Å². The minimum atomic E-state index is -0.739. The summed E-state index contributed by atoms with van der Waals surface area (Å²) in [5.74, 6) is 0.760. The predicted octanol–water partition coefficient (Wildman–Crippen LogP) is 3.80. The summed E-state index contributed by atoms with van der Waals surface area (Å²) >= 11 is 0. The van der Waals surface area contributed by atoms with E-state index in [1.54, 1.807) is 0 Å². The first-order valence-corrected chi connectivity index (χ1v) is 6.64. The highest BCUT2D eigenvalue weighted by Gasteiger charge is 2.26. The summed E-state index contributed by atoms with van der Waals surface area (Å²) in [4.78, 5) is 0. The van der Waals surface area contributed by atoms with Gasteiger partial charge in [-0.25, -0.2) is 0 Å². The van der Waals surface area contributed by atoms with Crippen LogP contribution in [-0.4, -0.2) is 23.0 Å². The molecule has 1 aromatic carbocycles. The van der Waals surface area contributed by atoms with E-state index in [1.165, 1.54) is 0 Å². The highest BCUT2D eigenvalue weighted by atomic mass is 16.5. The molecular formula is C15H24N2O2. The number of hydrogen-bond donors (Lipinski definition) is 1. The third-order valence-corrected chi connectivity index (χ3v) is 2.44. The van der Waals surface area contributed by atoms with Crippen molar-refractivity contribution in [3.63, 3.8) is 0 Å². The molecule has 0 aliphatic heterocycles. The van der Waals surface area contributed by atoms with Crippen LogP contribution in [0.2, 0.25) is 0 Å². The molecule has 0 saturated carbocycles. The molecule has 1 N–H and O–H groups in total. The number of aliphatic hydroxyl groups is 1. The van der Waals surface area contributed by atoms with Crippen LogP contribution in [0.15, 0.2) is 40.6 Å². The second kappa shape index (κ2) is 6.66. The van der Waals surface area contributed by atoms with Crippen molar-refractivity contribution >= 4 is 0 Å². The molecule has 0 spiro atoms. The summed E-state index contributed by atoms with van der Waals surface area (Å²) in [5, 5.41) is 17.6. The Morgan fingerprint density at radius 1 is 1.05 bits per heavy atom. The maximum Gasteiger partial charge on any atom is 0.216 e. The Labute approximate surface area is 115 Å². The van der Waals surface area contributed by atoms with Gasteiger partial charge in [0.15, 0.2) is 0 Å². The lowest BCUT2D eigenvalue weighted by Gasteiger charge is -2.26. The van der Waals surface area contributed by atoms with Crippen molar-refractivity contribution in [1.29, 1.82) is 0 Å². The van der Waals surface area contributed by atoms with Gasteiger partial charge in [-0.1, -0.05) is 18.2 Å². The SMILES string of the molecule is CC(C)(C)/N=N/C(C)(CCCO)Oc1ccccc1. The summed E-state index contributed by atoms with van der Waals surface area (Å²) < 4.78 is 5.93. The molecule has 1 atom stereocenters. The first kappa shape index (κ1) is 15.6. The fourth-order valence-electron chi connectivity index (χ4n) is 1.53. The Balaban J connectivity index is 2.83. The van der Waals surface area contributed by atoms with Crippen LogP contribution in [0.3, 0.4) is 0 Å². The monoisotopic (exact) mass is 264 g/mol. The molecule has 0 radical (unpaired) electrons. The van der Waals surface area contributed by atoms with Gasteiger partial charge in [-0.15, -0.1) is 5.11 Å². The van der Waals surface area contributed by atoms with E-state index in [0.717, 1.165) is 5.75 Å². The van der Waals surface area contributed by atoms with Gasteiger partial charge in [0.2, 0.25) is 5.72 Å². The van der Waals surface area contributed by atoms with Gasteiger partial charge in [0.05, 0.1) is 5.54 Å². The third-order valence-electron chi connectivity index (χ3n) is 2.44. The van der Waals surface area contributed by atoms with Crippen LogP contribution >= 0.6 is 0 Å². The van der Waals surface area contributed by atoms with E-state index >= 15 is 0 Å². The summed E-state index contributed by atoms with van der Waals surface area (Å²) in [6, 6.07) is 9.56. The van der Waals surface area contributed by atoms with Crippen LogP contribution in [0.4, 0.5) is 0 Å². The molecule has 19 heavy (non-hydrogen) atoms. The maximum atomic E-state index is 9.00. The Hall–Kier alpha value is -1.42. The van der Waals surface area contributed by atoms with Crippen molar-refractivity contribution in [2.45, 2.75) is 51.8 Å². The number of para-hydroxylation sites is 1. The molecule has 0 aliphatic rings. The zero-order valence-electron chi connectivity index (χ0n) is 12.3. The maximum absolute atomic E-state index is 9.00. The molecule has 4 nitrogen and oxygen atoms in total. The molecule has 1 unspecified atom stereocenters. The minimum absolute atomic E-state index is 0.124. The lowest BCUT2D eigenvalue weighted by atomic mass is 10.1. The van der Waals surface area contributed by atoms with Gasteiger partial charge in [-0.3, -0.25) is 0 Å². The molecule has 0 aromatic heterocycles. The standard InChI is InChI=1S/C15H24N2O2/c1-14(2,3)16-17-15(4,11-8-12-18)19-13-9-6-5-7-10-13/h5-7,9-10,18H,8,11-12H2,1-4H3/b17-16+. The molecule has 0 aliphatic carbocycles.